The lowest BCUT2D eigenvalue weighted by Gasteiger charge is -2.22. The molecule has 0 fully saturated rings. The molecule has 0 aliphatic heterocycles. The second-order valence-corrected chi connectivity index (χ2v) is 6.92. The van der Waals surface area contributed by atoms with Crippen molar-refractivity contribution in [2.75, 3.05) is 6.54 Å². The lowest BCUT2D eigenvalue weighted by atomic mass is 10.2. The molecule has 0 aliphatic carbocycles. The highest BCUT2D eigenvalue weighted by molar-refractivity contribution is 7.90. The van der Waals surface area contributed by atoms with Crippen LogP contribution >= 0.6 is 0 Å². The Hall–Kier alpha value is -2.98. The predicted octanol–water partition coefficient (Wildman–Crippen LogP) is 1.23. The third-order valence-electron chi connectivity index (χ3n) is 3.31. The first-order valence-electron chi connectivity index (χ1n) is 7.36. The Labute approximate surface area is 149 Å². The van der Waals surface area contributed by atoms with Crippen LogP contribution in [0.3, 0.4) is 0 Å². The monoisotopic (exact) mass is 381 g/mol. The van der Waals surface area contributed by atoms with E-state index in [0.29, 0.717) is 5.56 Å². The quantitative estimate of drug-likeness (QED) is 0.514. The van der Waals surface area contributed by atoms with Crippen molar-refractivity contribution in [3.05, 3.63) is 66.0 Å². The Bertz CT molecular complexity index is 873. The van der Waals surface area contributed by atoms with Crippen LogP contribution in [0.1, 0.15) is 5.56 Å². The van der Waals surface area contributed by atoms with E-state index in [1.165, 1.54) is 5.48 Å². The Kier molecular flexibility index (Phi) is 6.26. The minimum atomic E-state index is -4.26. The lowest BCUT2D eigenvalue weighted by molar-refractivity contribution is -0.129. The molecular weight excluding hydrogens is 365 g/mol. The van der Waals surface area contributed by atoms with Crippen molar-refractivity contribution < 1.29 is 27.6 Å². The normalized spacial score (nSPS) is 10.8. The molecule has 3 N–H and O–H groups in total. The van der Waals surface area contributed by atoms with Gasteiger partial charge in [0, 0.05) is 6.54 Å². The number of urea groups is 1. The van der Waals surface area contributed by atoms with Crippen molar-refractivity contribution in [2.24, 2.45) is 0 Å². The summed E-state index contributed by atoms with van der Waals surface area (Å²) >= 11 is 0. The molecule has 0 atom stereocenters. The van der Waals surface area contributed by atoms with Crippen molar-refractivity contribution in [3.8, 4) is 0 Å². The molecule has 0 saturated carbocycles. The van der Waals surface area contributed by atoms with Crippen molar-refractivity contribution in [2.45, 2.75) is 11.4 Å². The minimum absolute atomic E-state index is 0.0704. The fourth-order valence-electron chi connectivity index (χ4n) is 2.06. The van der Waals surface area contributed by atoms with Crippen LogP contribution in [0.5, 0.6) is 0 Å². The number of hydroxylamine groups is 1. The molecule has 8 nitrogen and oxygen atoms in total. The van der Waals surface area contributed by atoms with Gasteiger partial charge in [-0.3, -0.25) is 10.0 Å². The minimum Gasteiger partial charge on any atom is -0.310 e. The molecule has 26 heavy (non-hydrogen) atoms. The number of benzene rings is 2. The number of nitrogens with one attached hydrogen (secondary N) is 2. The second-order valence-electron chi connectivity index (χ2n) is 5.24. The largest absolute Gasteiger partial charge is 0.332 e. The van der Waals surface area contributed by atoms with Crippen LogP contribution in [0.15, 0.2) is 59.5 Å². The molecule has 138 valence electrons. The Morgan fingerprint density at radius 3 is 2.23 bits per heavy atom. The SMILES string of the molecule is O=C(CN(Cc1ccccc1)C(=O)NS(=O)(=O)c1ccc(F)cc1)NO. The van der Waals surface area contributed by atoms with E-state index in [9.17, 15) is 22.4 Å². The number of halogens is 1. The maximum atomic E-state index is 12.9. The molecule has 0 radical (unpaired) electrons. The zero-order valence-electron chi connectivity index (χ0n) is 13.4. The number of carbonyl (C=O) groups excluding carboxylic acids is 2. The standard InChI is InChI=1S/C16H16FN3O5S/c17-13-6-8-14(9-7-13)26(24,25)19-16(22)20(11-15(21)18-23)10-12-4-2-1-3-5-12/h1-9,23H,10-11H2,(H,18,21)(H,19,22). The zero-order chi connectivity index (χ0) is 19.2. The molecule has 3 amide bonds. The van der Waals surface area contributed by atoms with E-state index in [4.69, 9.17) is 5.21 Å². The maximum Gasteiger partial charge on any atom is 0.332 e. The number of hydrogen-bond acceptors (Lipinski definition) is 5. The summed E-state index contributed by atoms with van der Waals surface area (Å²) in [7, 11) is -4.26. The van der Waals surface area contributed by atoms with Crippen LogP contribution in [0, 0.1) is 5.82 Å². The van der Waals surface area contributed by atoms with Crippen molar-refractivity contribution in [1.29, 1.82) is 0 Å². The molecule has 2 aromatic rings. The van der Waals surface area contributed by atoms with E-state index in [2.05, 4.69) is 0 Å². The summed E-state index contributed by atoms with van der Waals surface area (Å²) in [6.45, 7) is -0.644. The fraction of sp³-hybridized carbons (Fsp3) is 0.125. The highest BCUT2D eigenvalue weighted by Crippen LogP contribution is 2.11. The van der Waals surface area contributed by atoms with Gasteiger partial charge in [0.15, 0.2) is 0 Å². The van der Waals surface area contributed by atoms with Crippen LogP contribution < -0.4 is 10.2 Å². The van der Waals surface area contributed by atoms with Gasteiger partial charge in [0.2, 0.25) is 0 Å². The first-order chi connectivity index (χ1) is 12.3. The molecule has 0 heterocycles. The van der Waals surface area contributed by atoms with Crippen LogP contribution in [-0.4, -0.2) is 37.0 Å². The van der Waals surface area contributed by atoms with Crippen molar-refractivity contribution >= 4 is 22.0 Å². The number of carbonyl (C=O) groups is 2. The van der Waals surface area contributed by atoms with Gasteiger partial charge in [-0.2, -0.15) is 0 Å². The zero-order valence-corrected chi connectivity index (χ0v) is 14.2. The van der Waals surface area contributed by atoms with E-state index in [1.807, 2.05) is 4.72 Å². The van der Waals surface area contributed by atoms with Crippen LogP contribution in [0.25, 0.3) is 0 Å². The highest BCUT2D eigenvalue weighted by Gasteiger charge is 2.24. The summed E-state index contributed by atoms with van der Waals surface area (Å²) in [5, 5.41) is 8.66. The van der Waals surface area contributed by atoms with Gasteiger partial charge in [0.05, 0.1) is 4.90 Å². The molecule has 0 spiro atoms. The molecular formula is C16H16FN3O5S. The van der Waals surface area contributed by atoms with Gasteiger partial charge in [-0.1, -0.05) is 30.3 Å². The lowest BCUT2D eigenvalue weighted by Crippen LogP contribution is -2.46. The van der Waals surface area contributed by atoms with Crippen LogP contribution in [-0.2, 0) is 21.4 Å². The van der Waals surface area contributed by atoms with Gasteiger partial charge in [-0.25, -0.2) is 27.8 Å². The second kappa shape index (κ2) is 8.41. The van der Waals surface area contributed by atoms with Gasteiger partial charge < -0.3 is 4.90 Å². The first-order valence-corrected chi connectivity index (χ1v) is 8.84. The first kappa shape index (κ1) is 19.3. The third-order valence-corrected chi connectivity index (χ3v) is 4.64. The Morgan fingerprint density at radius 1 is 1.04 bits per heavy atom. The number of hydrogen-bond donors (Lipinski definition) is 3. The molecule has 0 aliphatic rings. The van der Waals surface area contributed by atoms with Gasteiger partial charge >= 0.3 is 6.03 Å². The summed E-state index contributed by atoms with van der Waals surface area (Å²) in [5.41, 5.74) is 2.03. The third kappa shape index (κ3) is 5.26. The molecule has 0 bridgehead atoms. The maximum absolute atomic E-state index is 12.9. The van der Waals surface area contributed by atoms with Crippen LogP contribution in [0.4, 0.5) is 9.18 Å². The Balaban J connectivity index is 2.19. The fourth-order valence-corrected chi connectivity index (χ4v) is 3.04. The predicted molar refractivity (Wildman–Crippen MR) is 88.9 cm³/mol. The van der Waals surface area contributed by atoms with Crippen molar-refractivity contribution in [1.82, 2.24) is 15.1 Å². The molecule has 0 saturated heterocycles. The van der Waals surface area contributed by atoms with Gasteiger partial charge in [0.1, 0.15) is 12.4 Å². The molecule has 0 aromatic heterocycles. The summed E-state index contributed by atoms with van der Waals surface area (Å²) < 4.78 is 39.2. The summed E-state index contributed by atoms with van der Waals surface area (Å²) in [6, 6.07) is 11.4. The van der Waals surface area contributed by atoms with E-state index in [0.717, 1.165) is 29.2 Å². The van der Waals surface area contributed by atoms with Gasteiger partial charge in [-0.05, 0) is 29.8 Å². The van der Waals surface area contributed by atoms with Gasteiger partial charge in [0.25, 0.3) is 15.9 Å². The topological polar surface area (TPSA) is 116 Å². The molecule has 2 rings (SSSR count). The van der Waals surface area contributed by atoms with E-state index in [-0.39, 0.29) is 11.4 Å². The number of rotatable bonds is 6. The molecule has 10 heteroatoms. The average Bonchev–Trinajstić information content (AvgIpc) is 2.62. The average molecular weight is 381 g/mol. The van der Waals surface area contributed by atoms with E-state index < -0.39 is 34.3 Å². The van der Waals surface area contributed by atoms with Gasteiger partial charge in [-0.15, -0.1) is 0 Å². The Morgan fingerprint density at radius 2 is 1.65 bits per heavy atom. The van der Waals surface area contributed by atoms with E-state index >= 15 is 0 Å². The summed E-state index contributed by atoms with van der Waals surface area (Å²) in [6.07, 6.45) is 0. The van der Waals surface area contributed by atoms with Crippen LogP contribution in [0.2, 0.25) is 0 Å². The number of amides is 3. The summed E-state index contributed by atoms with van der Waals surface area (Å²) in [4.78, 5) is 24.4. The summed E-state index contributed by atoms with van der Waals surface area (Å²) in [5.74, 6) is -1.52. The highest BCUT2D eigenvalue weighted by atomic mass is 32.2. The number of sulfonamides is 1. The number of nitrogens with zero attached hydrogens (tertiary/aromatic N) is 1. The van der Waals surface area contributed by atoms with E-state index in [1.54, 1.807) is 30.3 Å². The van der Waals surface area contributed by atoms with Crippen molar-refractivity contribution in [3.63, 3.8) is 0 Å². The smallest absolute Gasteiger partial charge is 0.310 e. The molecule has 0 unspecified atom stereocenters. The molecule has 2 aromatic carbocycles.